The Hall–Kier alpha value is -1.24. The molecule has 0 aromatic heterocycles. The van der Waals surface area contributed by atoms with Gasteiger partial charge in [-0.15, -0.1) is 0 Å². The van der Waals surface area contributed by atoms with Crippen LogP contribution in [0.1, 0.15) is 17.2 Å². The van der Waals surface area contributed by atoms with E-state index in [0.717, 1.165) is 0 Å². The molecule has 16 heavy (non-hydrogen) atoms. The van der Waals surface area contributed by atoms with Crippen LogP contribution < -0.4 is 5.73 Å². The first kappa shape index (κ1) is 12.8. The quantitative estimate of drug-likeness (QED) is 0.793. The molecule has 0 heterocycles. The molecule has 1 aromatic carbocycles. The molecule has 1 rings (SSSR count). The van der Waals surface area contributed by atoms with Crippen molar-refractivity contribution >= 4 is 0 Å². The molecule has 0 amide bonds. The van der Waals surface area contributed by atoms with Gasteiger partial charge in [0.15, 0.2) is 0 Å². The minimum atomic E-state index is -4.84. The molecule has 0 unspecified atom stereocenters. The Morgan fingerprint density at radius 1 is 1.12 bits per heavy atom. The van der Waals surface area contributed by atoms with E-state index in [0.29, 0.717) is 18.2 Å². The van der Waals surface area contributed by atoms with E-state index in [2.05, 4.69) is 0 Å². The van der Waals surface area contributed by atoms with Crippen molar-refractivity contribution in [2.24, 2.45) is 5.73 Å². The first-order chi connectivity index (χ1) is 7.23. The molecule has 7 heteroatoms. The van der Waals surface area contributed by atoms with E-state index >= 15 is 0 Å². The number of nitrogens with two attached hydrogens (primary N) is 1. The van der Waals surface area contributed by atoms with Gasteiger partial charge in [0, 0.05) is 0 Å². The fourth-order valence-electron chi connectivity index (χ4n) is 1.20. The maximum absolute atomic E-state index is 12.7. The summed E-state index contributed by atoms with van der Waals surface area (Å²) in [5.74, 6) is -1.04. The number of halogens is 6. The average Bonchev–Trinajstić information content (AvgIpc) is 2.14. The zero-order chi connectivity index (χ0) is 12.5. The zero-order valence-electron chi connectivity index (χ0n) is 7.73. The van der Waals surface area contributed by atoms with Crippen LogP contribution in [0.2, 0.25) is 0 Å². The second-order valence-corrected chi connectivity index (χ2v) is 3.09. The van der Waals surface area contributed by atoms with E-state index in [9.17, 15) is 26.3 Å². The van der Waals surface area contributed by atoms with Crippen molar-refractivity contribution in [3.05, 3.63) is 35.1 Å². The van der Waals surface area contributed by atoms with Crippen LogP contribution in [0.4, 0.5) is 26.3 Å². The van der Waals surface area contributed by atoms with Gasteiger partial charge in [-0.3, -0.25) is 0 Å². The summed E-state index contributed by atoms with van der Waals surface area (Å²) >= 11 is 0. The van der Waals surface area contributed by atoms with Gasteiger partial charge in [0.05, 0.1) is 11.6 Å². The molecular weight excluding hydrogens is 236 g/mol. The van der Waals surface area contributed by atoms with Gasteiger partial charge >= 0.3 is 6.18 Å². The Labute approximate surface area is 86.9 Å². The summed E-state index contributed by atoms with van der Waals surface area (Å²) in [6.45, 7) is 0. The summed E-state index contributed by atoms with van der Waals surface area (Å²) in [6, 6.07) is -0.843. The molecule has 0 spiro atoms. The maximum Gasteiger partial charge on any atom is 0.416 e. The highest BCUT2D eigenvalue weighted by atomic mass is 19.4. The predicted octanol–water partition coefficient (Wildman–Crippen LogP) is 3.11. The van der Waals surface area contributed by atoms with E-state index in [1.807, 2.05) is 0 Å². The molecule has 0 fully saturated rings. The third kappa shape index (κ3) is 2.66. The zero-order valence-corrected chi connectivity index (χ0v) is 7.73. The highest BCUT2D eigenvalue weighted by Crippen LogP contribution is 2.35. The van der Waals surface area contributed by atoms with Crippen LogP contribution in [0.25, 0.3) is 0 Å². The molecule has 0 aliphatic heterocycles. The van der Waals surface area contributed by atoms with E-state index in [-0.39, 0.29) is 0 Å². The lowest BCUT2D eigenvalue weighted by Gasteiger charge is -2.17. The molecule has 2 N–H and O–H groups in total. The van der Waals surface area contributed by atoms with Gasteiger partial charge in [-0.1, -0.05) is 0 Å². The summed E-state index contributed by atoms with van der Waals surface area (Å²) in [5, 5.41) is 0. The van der Waals surface area contributed by atoms with Crippen LogP contribution in [0.3, 0.4) is 0 Å². The van der Waals surface area contributed by atoms with Crippen LogP contribution in [-0.2, 0) is 6.18 Å². The molecule has 0 aliphatic rings. The Kier molecular flexibility index (Phi) is 3.47. The molecule has 1 nitrogen and oxygen atoms in total. The van der Waals surface area contributed by atoms with Crippen LogP contribution >= 0.6 is 0 Å². The number of benzene rings is 1. The van der Waals surface area contributed by atoms with Crippen molar-refractivity contribution in [1.82, 2.24) is 0 Å². The third-order valence-electron chi connectivity index (χ3n) is 1.95. The highest BCUT2D eigenvalue weighted by Gasteiger charge is 2.36. The Balaban J connectivity index is 3.29. The summed E-state index contributed by atoms with van der Waals surface area (Å²) in [6.07, 6.45) is -8.03. The number of hydrogen-bond donors (Lipinski definition) is 1. The number of alkyl halides is 5. The predicted molar refractivity (Wildman–Crippen MR) is 44.3 cm³/mol. The molecule has 0 aliphatic carbocycles. The van der Waals surface area contributed by atoms with Gasteiger partial charge in [-0.25, -0.2) is 13.2 Å². The Morgan fingerprint density at radius 3 is 2.12 bits per heavy atom. The second-order valence-electron chi connectivity index (χ2n) is 3.09. The lowest BCUT2D eigenvalue weighted by molar-refractivity contribution is -0.138. The normalized spacial score (nSPS) is 14.2. The third-order valence-corrected chi connectivity index (χ3v) is 1.95. The maximum atomic E-state index is 12.7. The average molecular weight is 243 g/mol. The fourth-order valence-corrected chi connectivity index (χ4v) is 1.20. The van der Waals surface area contributed by atoms with E-state index < -0.39 is 35.6 Å². The van der Waals surface area contributed by atoms with Gasteiger partial charge < -0.3 is 5.73 Å². The minimum Gasteiger partial charge on any atom is -0.319 e. The highest BCUT2D eigenvalue weighted by molar-refractivity contribution is 5.33. The van der Waals surface area contributed by atoms with Crippen LogP contribution in [0, 0.1) is 5.82 Å². The van der Waals surface area contributed by atoms with Gasteiger partial charge in [0.1, 0.15) is 5.82 Å². The summed E-state index contributed by atoms with van der Waals surface area (Å²) in [4.78, 5) is 0. The van der Waals surface area contributed by atoms with Gasteiger partial charge in [0.2, 0.25) is 0 Å². The van der Waals surface area contributed by atoms with Crippen molar-refractivity contribution < 1.29 is 26.3 Å². The van der Waals surface area contributed by atoms with Crippen LogP contribution in [0.15, 0.2) is 18.2 Å². The molecule has 90 valence electrons. The van der Waals surface area contributed by atoms with E-state index in [1.54, 1.807) is 0 Å². The minimum absolute atomic E-state index is 0.375. The molecule has 0 radical (unpaired) electrons. The van der Waals surface area contributed by atoms with Gasteiger partial charge in [-0.05, 0) is 23.8 Å². The van der Waals surface area contributed by atoms with Crippen LogP contribution in [-0.4, -0.2) is 6.43 Å². The summed E-state index contributed by atoms with van der Waals surface area (Å²) in [7, 11) is 0. The van der Waals surface area contributed by atoms with Crippen molar-refractivity contribution in [1.29, 1.82) is 0 Å². The summed E-state index contributed by atoms with van der Waals surface area (Å²) < 4.78 is 74.2. The van der Waals surface area contributed by atoms with Crippen LogP contribution in [0.5, 0.6) is 0 Å². The second kappa shape index (κ2) is 4.32. The fraction of sp³-hybridized carbons (Fsp3) is 0.333. The molecular formula is C9H7F6N. The largest absolute Gasteiger partial charge is 0.416 e. The van der Waals surface area contributed by atoms with Gasteiger partial charge in [0.25, 0.3) is 6.43 Å². The first-order valence-electron chi connectivity index (χ1n) is 4.14. The lowest BCUT2D eigenvalue weighted by Crippen LogP contribution is -2.23. The smallest absolute Gasteiger partial charge is 0.319 e. The molecule has 1 aromatic rings. The van der Waals surface area contributed by atoms with Gasteiger partial charge in [-0.2, -0.15) is 13.2 Å². The van der Waals surface area contributed by atoms with E-state index in [4.69, 9.17) is 5.73 Å². The molecule has 0 saturated heterocycles. The van der Waals surface area contributed by atoms with Crippen molar-refractivity contribution in [3.8, 4) is 0 Å². The van der Waals surface area contributed by atoms with Crippen molar-refractivity contribution in [2.45, 2.75) is 18.6 Å². The monoisotopic (exact) mass is 243 g/mol. The standard InChI is InChI=1S/C9H7F6N/c10-4-1-2-6(9(13,14)15)5(3-4)7(16)8(11)12/h1-3,7-8H,16H2/t7-/m0/s1. The molecule has 0 bridgehead atoms. The molecule has 1 atom stereocenters. The first-order valence-corrected chi connectivity index (χ1v) is 4.14. The molecule has 0 saturated carbocycles. The van der Waals surface area contributed by atoms with Crippen molar-refractivity contribution in [3.63, 3.8) is 0 Å². The Bertz CT molecular complexity index is 373. The van der Waals surface area contributed by atoms with E-state index in [1.165, 1.54) is 0 Å². The Morgan fingerprint density at radius 2 is 1.69 bits per heavy atom. The number of rotatable bonds is 2. The lowest BCUT2D eigenvalue weighted by atomic mass is 10.0. The topological polar surface area (TPSA) is 26.0 Å². The van der Waals surface area contributed by atoms with Crippen molar-refractivity contribution in [2.75, 3.05) is 0 Å². The summed E-state index contributed by atoms with van der Waals surface area (Å²) in [5.41, 5.74) is 2.60. The SMILES string of the molecule is N[C@@H](c1cc(F)ccc1C(F)(F)F)C(F)F. The number of hydrogen-bond acceptors (Lipinski definition) is 1.